The van der Waals surface area contributed by atoms with Crippen molar-refractivity contribution >= 4 is 35.1 Å². The number of nitrogens with one attached hydrogen (secondary N) is 1. The number of halogens is 1. The SMILES string of the molecule is C/C(=C\c1ccccc1)C(=O)Nc1ccc(Cl)cc1C(=O)c1ccccc1. The molecule has 0 aliphatic rings. The number of hydrogen-bond acceptors (Lipinski definition) is 2. The van der Waals surface area contributed by atoms with Crippen LogP contribution in [0, 0.1) is 0 Å². The molecule has 3 nitrogen and oxygen atoms in total. The number of carbonyl (C=O) groups is 2. The second kappa shape index (κ2) is 8.47. The topological polar surface area (TPSA) is 46.2 Å². The predicted octanol–water partition coefficient (Wildman–Crippen LogP) is 5.61. The van der Waals surface area contributed by atoms with E-state index < -0.39 is 0 Å². The lowest BCUT2D eigenvalue weighted by molar-refractivity contribution is -0.112. The third kappa shape index (κ3) is 4.72. The number of anilines is 1. The van der Waals surface area contributed by atoms with Gasteiger partial charge in [0.15, 0.2) is 5.78 Å². The fourth-order valence-electron chi connectivity index (χ4n) is 2.64. The van der Waals surface area contributed by atoms with Crippen LogP contribution in [0.2, 0.25) is 5.02 Å². The molecule has 3 aromatic rings. The summed E-state index contributed by atoms with van der Waals surface area (Å²) in [7, 11) is 0. The maximum Gasteiger partial charge on any atom is 0.251 e. The molecule has 0 saturated heterocycles. The molecule has 3 aromatic carbocycles. The van der Waals surface area contributed by atoms with Crippen molar-refractivity contribution in [3.63, 3.8) is 0 Å². The summed E-state index contributed by atoms with van der Waals surface area (Å²) in [5.41, 5.74) is 2.79. The maximum atomic E-state index is 12.8. The Hall–Kier alpha value is -3.17. The third-order valence-corrected chi connectivity index (χ3v) is 4.29. The summed E-state index contributed by atoms with van der Waals surface area (Å²) in [5.74, 6) is -0.471. The molecule has 1 amide bonds. The number of carbonyl (C=O) groups excluding carboxylic acids is 2. The molecule has 0 unspecified atom stereocenters. The third-order valence-electron chi connectivity index (χ3n) is 4.05. The van der Waals surface area contributed by atoms with Crippen LogP contribution in [0.5, 0.6) is 0 Å². The maximum absolute atomic E-state index is 12.8. The van der Waals surface area contributed by atoms with Gasteiger partial charge in [-0.15, -0.1) is 0 Å². The summed E-state index contributed by atoms with van der Waals surface area (Å²) in [5, 5.41) is 3.26. The van der Waals surface area contributed by atoms with Crippen molar-refractivity contribution in [2.75, 3.05) is 5.32 Å². The predicted molar refractivity (Wildman–Crippen MR) is 110 cm³/mol. The summed E-state index contributed by atoms with van der Waals surface area (Å²) in [6.45, 7) is 1.73. The first-order valence-corrected chi connectivity index (χ1v) is 8.86. The zero-order chi connectivity index (χ0) is 19.2. The van der Waals surface area contributed by atoms with Crippen LogP contribution in [0.4, 0.5) is 5.69 Å². The molecule has 134 valence electrons. The molecule has 0 saturated carbocycles. The van der Waals surface area contributed by atoms with Gasteiger partial charge < -0.3 is 5.32 Å². The monoisotopic (exact) mass is 375 g/mol. The number of ketones is 1. The van der Waals surface area contributed by atoms with Gasteiger partial charge in [0.05, 0.1) is 5.69 Å². The Bertz CT molecular complexity index is 995. The second-order valence-corrected chi connectivity index (χ2v) is 6.51. The smallest absolute Gasteiger partial charge is 0.251 e. The summed E-state index contributed by atoms with van der Waals surface area (Å²) < 4.78 is 0. The Labute approximate surface area is 163 Å². The van der Waals surface area contributed by atoms with E-state index in [0.29, 0.717) is 27.4 Å². The minimum absolute atomic E-state index is 0.196. The van der Waals surface area contributed by atoms with E-state index >= 15 is 0 Å². The van der Waals surface area contributed by atoms with Crippen LogP contribution in [0.25, 0.3) is 6.08 Å². The molecule has 4 heteroatoms. The molecular weight excluding hydrogens is 358 g/mol. The zero-order valence-electron chi connectivity index (χ0n) is 14.8. The van der Waals surface area contributed by atoms with Gasteiger partial charge in [-0.2, -0.15) is 0 Å². The quantitative estimate of drug-likeness (QED) is 0.465. The molecule has 27 heavy (non-hydrogen) atoms. The van der Waals surface area contributed by atoms with Crippen molar-refractivity contribution in [3.05, 3.63) is 106 Å². The first kappa shape index (κ1) is 18.6. The molecular formula is C23H18ClNO2. The van der Waals surface area contributed by atoms with E-state index in [1.807, 2.05) is 36.4 Å². The highest BCUT2D eigenvalue weighted by molar-refractivity contribution is 6.31. The number of hydrogen-bond donors (Lipinski definition) is 1. The highest BCUT2D eigenvalue weighted by Gasteiger charge is 2.16. The van der Waals surface area contributed by atoms with Crippen LogP contribution in [0.1, 0.15) is 28.4 Å². The van der Waals surface area contributed by atoms with Gasteiger partial charge in [0.1, 0.15) is 0 Å². The molecule has 0 atom stereocenters. The lowest BCUT2D eigenvalue weighted by Crippen LogP contribution is -2.16. The van der Waals surface area contributed by atoms with Gasteiger partial charge in [0.25, 0.3) is 5.91 Å². The molecule has 0 fully saturated rings. The van der Waals surface area contributed by atoms with Crippen molar-refractivity contribution in [2.24, 2.45) is 0 Å². The van der Waals surface area contributed by atoms with Gasteiger partial charge >= 0.3 is 0 Å². The van der Waals surface area contributed by atoms with Crippen LogP contribution in [0.15, 0.2) is 84.4 Å². The minimum Gasteiger partial charge on any atom is -0.322 e. The van der Waals surface area contributed by atoms with Crippen molar-refractivity contribution in [1.82, 2.24) is 0 Å². The molecule has 1 N–H and O–H groups in total. The Morgan fingerprint density at radius 2 is 1.52 bits per heavy atom. The summed E-state index contributed by atoms with van der Waals surface area (Å²) in [4.78, 5) is 25.4. The first-order valence-electron chi connectivity index (χ1n) is 8.48. The molecule has 0 aromatic heterocycles. The fraction of sp³-hybridized carbons (Fsp3) is 0.0435. The normalized spacial score (nSPS) is 11.1. The minimum atomic E-state index is -0.275. The zero-order valence-corrected chi connectivity index (χ0v) is 15.5. The van der Waals surface area contributed by atoms with Gasteiger partial charge in [-0.1, -0.05) is 72.3 Å². The average molecular weight is 376 g/mol. The highest BCUT2D eigenvalue weighted by Crippen LogP contribution is 2.24. The summed E-state index contributed by atoms with van der Waals surface area (Å²) >= 11 is 6.08. The standard InChI is InChI=1S/C23H18ClNO2/c1-16(14-17-8-4-2-5-9-17)23(27)25-21-13-12-19(24)15-20(21)22(26)18-10-6-3-7-11-18/h2-15H,1H3,(H,25,27)/b16-14+. The Morgan fingerprint density at radius 3 is 2.19 bits per heavy atom. The van der Waals surface area contributed by atoms with E-state index in [9.17, 15) is 9.59 Å². The van der Waals surface area contributed by atoms with Crippen molar-refractivity contribution in [1.29, 1.82) is 0 Å². The van der Waals surface area contributed by atoms with Crippen molar-refractivity contribution in [2.45, 2.75) is 6.92 Å². The number of amides is 1. The van der Waals surface area contributed by atoms with E-state index in [2.05, 4.69) is 5.32 Å². The van der Waals surface area contributed by atoms with Crippen LogP contribution in [-0.4, -0.2) is 11.7 Å². The lowest BCUT2D eigenvalue weighted by Gasteiger charge is -2.11. The van der Waals surface area contributed by atoms with Crippen LogP contribution < -0.4 is 5.32 Å². The van der Waals surface area contributed by atoms with Crippen LogP contribution >= 0.6 is 11.6 Å². The van der Waals surface area contributed by atoms with E-state index in [4.69, 9.17) is 11.6 Å². The number of benzene rings is 3. The molecule has 0 bridgehead atoms. The molecule has 0 spiro atoms. The summed E-state index contributed by atoms with van der Waals surface area (Å²) in [6.07, 6.45) is 1.80. The van der Waals surface area contributed by atoms with Crippen LogP contribution in [0.3, 0.4) is 0 Å². The van der Waals surface area contributed by atoms with E-state index in [-0.39, 0.29) is 11.7 Å². The van der Waals surface area contributed by atoms with Gasteiger partial charge in [0.2, 0.25) is 0 Å². The van der Waals surface area contributed by atoms with E-state index in [1.165, 1.54) is 0 Å². The van der Waals surface area contributed by atoms with Gasteiger partial charge in [-0.3, -0.25) is 9.59 Å². The first-order chi connectivity index (χ1) is 13.0. The van der Waals surface area contributed by atoms with Gasteiger partial charge in [-0.25, -0.2) is 0 Å². The van der Waals surface area contributed by atoms with Gasteiger partial charge in [-0.05, 0) is 36.8 Å². The highest BCUT2D eigenvalue weighted by atomic mass is 35.5. The molecule has 3 rings (SSSR count). The Kier molecular flexibility index (Phi) is 5.84. The Balaban J connectivity index is 1.88. The Morgan fingerprint density at radius 1 is 0.889 bits per heavy atom. The summed E-state index contributed by atoms with van der Waals surface area (Å²) in [6, 6.07) is 23.3. The second-order valence-electron chi connectivity index (χ2n) is 6.08. The largest absolute Gasteiger partial charge is 0.322 e. The molecule has 0 aliphatic heterocycles. The van der Waals surface area contributed by atoms with Crippen molar-refractivity contribution < 1.29 is 9.59 Å². The lowest BCUT2D eigenvalue weighted by atomic mass is 10.0. The van der Waals surface area contributed by atoms with Crippen LogP contribution in [-0.2, 0) is 4.79 Å². The van der Waals surface area contributed by atoms with E-state index in [0.717, 1.165) is 5.56 Å². The van der Waals surface area contributed by atoms with Crippen molar-refractivity contribution in [3.8, 4) is 0 Å². The molecule has 0 heterocycles. The molecule has 0 aliphatic carbocycles. The van der Waals surface area contributed by atoms with E-state index in [1.54, 1.807) is 55.5 Å². The van der Waals surface area contributed by atoms with Gasteiger partial charge in [0, 0.05) is 21.7 Å². The fourth-order valence-corrected chi connectivity index (χ4v) is 2.82. The molecule has 0 radical (unpaired) electrons. The number of rotatable bonds is 5. The average Bonchev–Trinajstić information content (AvgIpc) is 2.70.